The van der Waals surface area contributed by atoms with E-state index in [0.717, 1.165) is 0 Å². The number of hydrogen-bond donors (Lipinski definition) is 1. The van der Waals surface area contributed by atoms with E-state index >= 15 is 0 Å². The van der Waals surface area contributed by atoms with Gasteiger partial charge in [-0.1, -0.05) is 25.9 Å². The van der Waals surface area contributed by atoms with Crippen LogP contribution in [0.3, 0.4) is 0 Å². The van der Waals surface area contributed by atoms with Crippen LogP contribution in [-0.2, 0) is 9.84 Å². The molecule has 18 heavy (non-hydrogen) atoms. The first-order valence-corrected chi connectivity index (χ1v) is 7.81. The van der Waals surface area contributed by atoms with E-state index < -0.39 is 9.84 Å². The topological polar surface area (TPSA) is 99.1 Å². The molecule has 1 aliphatic heterocycles. The molecule has 0 radical (unpaired) electrons. The summed E-state index contributed by atoms with van der Waals surface area (Å²) in [5.41, 5.74) is 5.85. The molecule has 1 aliphatic rings. The maximum atomic E-state index is 11.4. The Labute approximate surface area is 107 Å². The van der Waals surface area contributed by atoms with Gasteiger partial charge in [-0.3, -0.25) is 0 Å². The molecule has 0 aliphatic carbocycles. The molecule has 1 aromatic rings. The lowest BCUT2D eigenvalue weighted by molar-refractivity contribution is 0.252. The molecule has 2 atom stereocenters. The zero-order chi connectivity index (χ0) is 13.6. The standard InChI is InChI=1S/C11H19N3O3S/c1-11(2,3)8(12)10-13-9(14-17-10)7-4-5-18(15,16)6-7/h7-8H,4-6,12H2,1-3H3/t7?,8-/m0/s1. The molecule has 1 aromatic heterocycles. The van der Waals surface area contributed by atoms with Gasteiger partial charge in [-0.15, -0.1) is 0 Å². The molecule has 0 aromatic carbocycles. The third-order valence-corrected chi connectivity index (χ3v) is 5.02. The Kier molecular flexibility index (Phi) is 3.23. The van der Waals surface area contributed by atoms with Crippen molar-refractivity contribution in [3.8, 4) is 0 Å². The Bertz CT molecular complexity index is 530. The first-order valence-electron chi connectivity index (χ1n) is 5.98. The monoisotopic (exact) mass is 273 g/mol. The maximum Gasteiger partial charge on any atom is 0.244 e. The molecule has 1 fully saturated rings. The minimum Gasteiger partial charge on any atom is -0.338 e. The van der Waals surface area contributed by atoms with E-state index in [1.807, 2.05) is 20.8 Å². The average Bonchev–Trinajstić information content (AvgIpc) is 2.81. The quantitative estimate of drug-likeness (QED) is 0.863. The van der Waals surface area contributed by atoms with Crippen molar-refractivity contribution in [2.75, 3.05) is 11.5 Å². The molecule has 0 amide bonds. The Morgan fingerprint density at radius 1 is 1.44 bits per heavy atom. The van der Waals surface area contributed by atoms with Crippen molar-refractivity contribution in [2.24, 2.45) is 11.1 Å². The summed E-state index contributed by atoms with van der Waals surface area (Å²) in [5.74, 6) is 0.996. The largest absolute Gasteiger partial charge is 0.338 e. The first kappa shape index (κ1) is 13.5. The van der Waals surface area contributed by atoms with Crippen LogP contribution in [0.15, 0.2) is 4.52 Å². The van der Waals surface area contributed by atoms with Crippen molar-refractivity contribution in [3.63, 3.8) is 0 Å². The molecule has 1 saturated heterocycles. The summed E-state index contributed by atoms with van der Waals surface area (Å²) in [7, 11) is -2.94. The summed E-state index contributed by atoms with van der Waals surface area (Å²) >= 11 is 0. The molecule has 2 N–H and O–H groups in total. The number of aromatic nitrogens is 2. The maximum absolute atomic E-state index is 11.4. The van der Waals surface area contributed by atoms with Gasteiger partial charge >= 0.3 is 0 Å². The summed E-state index contributed by atoms with van der Waals surface area (Å²) in [6, 6.07) is -0.350. The number of sulfone groups is 1. The average molecular weight is 273 g/mol. The molecule has 102 valence electrons. The van der Waals surface area contributed by atoms with Gasteiger partial charge in [0.15, 0.2) is 15.7 Å². The van der Waals surface area contributed by atoms with Crippen LogP contribution >= 0.6 is 0 Å². The Balaban J connectivity index is 2.17. The lowest BCUT2D eigenvalue weighted by Gasteiger charge is -2.23. The van der Waals surface area contributed by atoms with Gasteiger partial charge in [0.25, 0.3) is 0 Å². The smallest absolute Gasteiger partial charge is 0.244 e. The third-order valence-electron chi connectivity index (χ3n) is 3.25. The number of rotatable bonds is 2. The van der Waals surface area contributed by atoms with Crippen LogP contribution in [0.2, 0.25) is 0 Å². The van der Waals surface area contributed by atoms with Crippen molar-refractivity contribution in [1.82, 2.24) is 10.1 Å². The highest BCUT2D eigenvalue weighted by Crippen LogP contribution is 2.32. The van der Waals surface area contributed by atoms with Gasteiger partial charge in [-0.05, 0) is 11.8 Å². The lowest BCUT2D eigenvalue weighted by atomic mass is 9.87. The van der Waals surface area contributed by atoms with Crippen molar-refractivity contribution in [2.45, 2.75) is 39.2 Å². The van der Waals surface area contributed by atoms with Crippen LogP contribution < -0.4 is 5.73 Å². The zero-order valence-electron chi connectivity index (χ0n) is 10.9. The third kappa shape index (κ3) is 2.72. The predicted molar refractivity (Wildman–Crippen MR) is 66.7 cm³/mol. The van der Waals surface area contributed by atoms with E-state index in [0.29, 0.717) is 18.1 Å². The Hall–Kier alpha value is -0.950. The van der Waals surface area contributed by atoms with Crippen LogP contribution in [0.5, 0.6) is 0 Å². The van der Waals surface area contributed by atoms with Gasteiger partial charge in [-0.2, -0.15) is 4.98 Å². The molecular formula is C11H19N3O3S. The molecule has 1 unspecified atom stereocenters. The lowest BCUT2D eigenvalue weighted by Crippen LogP contribution is -2.26. The zero-order valence-corrected chi connectivity index (χ0v) is 11.7. The predicted octanol–water partition coefficient (Wildman–Crippen LogP) is 1.02. The molecule has 2 rings (SSSR count). The summed E-state index contributed by atoms with van der Waals surface area (Å²) < 4.78 is 28.0. The highest BCUT2D eigenvalue weighted by atomic mass is 32.2. The van der Waals surface area contributed by atoms with Gasteiger partial charge in [0, 0.05) is 5.92 Å². The molecule has 0 saturated carbocycles. The van der Waals surface area contributed by atoms with Crippen LogP contribution in [-0.4, -0.2) is 30.1 Å². The molecule has 0 spiro atoms. The minimum absolute atomic E-state index is 0.108. The van der Waals surface area contributed by atoms with Crippen LogP contribution in [0, 0.1) is 5.41 Å². The second-order valence-corrected chi connectivity index (χ2v) is 8.16. The minimum atomic E-state index is -2.94. The summed E-state index contributed by atoms with van der Waals surface area (Å²) in [4.78, 5) is 4.26. The van der Waals surface area contributed by atoms with Gasteiger partial charge in [0.2, 0.25) is 5.89 Å². The molecule has 2 heterocycles. The summed E-state index contributed by atoms with van der Waals surface area (Å²) in [5, 5.41) is 3.87. The second kappa shape index (κ2) is 4.31. The van der Waals surface area contributed by atoms with Gasteiger partial charge in [0.05, 0.1) is 17.5 Å². The van der Waals surface area contributed by atoms with Crippen molar-refractivity contribution < 1.29 is 12.9 Å². The highest BCUT2D eigenvalue weighted by molar-refractivity contribution is 7.91. The number of nitrogens with zero attached hydrogens (tertiary/aromatic N) is 2. The highest BCUT2D eigenvalue weighted by Gasteiger charge is 2.34. The number of hydrogen-bond acceptors (Lipinski definition) is 6. The van der Waals surface area contributed by atoms with E-state index in [9.17, 15) is 8.42 Å². The van der Waals surface area contributed by atoms with Crippen molar-refractivity contribution in [1.29, 1.82) is 0 Å². The SMILES string of the molecule is CC(C)(C)[C@@H](N)c1nc(C2CCS(=O)(=O)C2)no1. The van der Waals surface area contributed by atoms with E-state index in [-0.39, 0.29) is 28.9 Å². The molecule has 0 bridgehead atoms. The Morgan fingerprint density at radius 2 is 2.11 bits per heavy atom. The fraction of sp³-hybridized carbons (Fsp3) is 0.818. The summed E-state index contributed by atoms with van der Waals surface area (Å²) in [6.07, 6.45) is 0.562. The van der Waals surface area contributed by atoms with Crippen LogP contribution in [0.1, 0.15) is 50.9 Å². The fourth-order valence-electron chi connectivity index (χ4n) is 1.91. The Morgan fingerprint density at radius 3 is 2.61 bits per heavy atom. The van der Waals surface area contributed by atoms with Crippen LogP contribution in [0.25, 0.3) is 0 Å². The van der Waals surface area contributed by atoms with E-state index in [4.69, 9.17) is 10.3 Å². The van der Waals surface area contributed by atoms with E-state index in [1.54, 1.807) is 0 Å². The number of nitrogens with two attached hydrogens (primary N) is 1. The van der Waals surface area contributed by atoms with Gasteiger partial charge in [-0.25, -0.2) is 8.42 Å². The molecular weight excluding hydrogens is 254 g/mol. The van der Waals surface area contributed by atoms with Crippen molar-refractivity contribution >= 4 is 9.84 Å². The second-order valence-electron chi connectivity index (χ2n) is 5.93. The molecule has 6 nitrogen and oxygen atoms in total. The van der Waals surface area contributed by atoms with Crippen molar-refractivity contribution in [3.05, 3.63) is 11.7 Å². The van der Waals surface area contributed by atoms with Crippen LogP contribution in [0.4, 0.5) is 0 Å². The summed E-state index contributed by atoms with van der Waals surface area (Å²) in [6.45, 7) is 5.96. The van der Waals surface area contributed by atoms with E-state index in [2.05, 4.69) is 10.1 Å². The fourth-order valence-corrected chi connectivity index (χ4v) is 3.65. The normalized spacial score (nSPS) is 25.2. The van der Waals surface area contributed by atoms with E-state index in [1.165, 1.54) is 0 Å². The first-order chi connectivity index (χ1) is 8.19. The molecule has 7 heteroatoms. The van der Waals surface area contributed by atoms with Gasteiger partial charge in [0.1, 0.15) is 0 Å². The van der Waals surface area contributed by atoms with Gasteiger partial charge < -0.3 is 10.3 Å².